The molecule has 1 aromatic rings. The molecule has 1 fully saturated rings. The molecular weight excluding hydrogens is 273 g/mol. The lowest BCUT2D eigenvalue weighted by Gasteiger charge is -2.29. The monoisotopic (exact) mass is 285 g/mol. The summed E-state index contributed by atoms with van der Waals surface area (Å²) in [4.78, 5) is 3.17. The number of hydrogen-bond donors (Lipinski definition) is 1. The van der Waals surface area contributed by atoms with Crippen molar-refractivity contribution in [2.24, 2.45) is 5.73 Å². The van der Waals surface area contributed by atoms with Gasteiger partial charge in [0.05, 0.1) is 5.54 Å². The van der Waals surface area contributed by atoms with Crippen LogP contribution >= 0.6 is 0 Å². The lowest BCUT2D eigenvalue weighted by atomic mass is 9.82. The highest BCUT2D eigenvalue weighted by atomic mass is 19.4. The Morgan fingerprint density at radius 2 is 1.63 bits per heavy atom. The molecule has 1 aromatic heterocycles. The Hall–Kier alpha value is -1.25. The first-order valence-corrected chi connectivity index (χ1v) is 5.75. The molecule has 9 heteroatoms. The van der Waals surface area contributed by atoms with Crippen LogP contribution in [0.1, 0.15) is 43.8 Å². The first kappa shape index (κ1) is 14.2. The van der Waals surface area contributed by atoms with E-state index in [2.05, 4.69) is 14.7 Å². The van der Waals surface area contributed by atoms with Gasteiger partial charge in [-0.3, -0.25) is 0 Å². The fraction of sp³-hybridized carbons (Fsp3) is 0.800. The summed E-state index contributed by atoms with van der Waals surface area (Å²) in [7, 11) is 0. The molecule has 0 radical (unpaired) electrons. The molecule has 19 heavy (non-hydrogen) atoms. The van der Waals surface area contributed by atoms with Crippen molar-refractivity contribution in [1.29, 1.82) is 0 Å². The van der Waals surface area contributed by atoms with E-state index in [-0.39, 0.29) is 5.82 Å². The summed E-state index contributed by atoms with van der Waals surface area (Å²) in [6.07, 6.45) is -2.48. The molecule has 0 spiro atoms. The van der Waals surface area contributed by atoms with Crippen molar-refractivity contribution in [3.8, 4) is 0 Å². The highest BCUT2D eigenvalue weighted by Crippen LogP contribution is 2.44. The third kappa shape index (κ3) is 2.43. The predicted octanol–water partition coefficient (Wildman–Crippen LogP) is 2.84. The second-order valence-electron chi connectivity index (χ2n) is 4.71. The van der Waals surface area contributed by atoms with Crippen molar-refractivity contribution >= 4 is 0 Å². The lowest BCUT2D eigenvalue weighted by molar-refractivity contribution is -0.298. The van der Waals surface area contributed by atoms with E-state index in [0.29, 0.717) is 12.8 Å². The first-order valence-electron chi connectivity index (χ1n) is 5.75. The van der Waals surface area contributed by atoms with E-state index >= 15 is 0 Å². The van der Waals surface area contributed by atoms with Crippen molar-refractivity contribution in [3.05, 3.63) is 11.7 Å². The van der Waals surface area contributed by atoms with Crippen molar-refractivity contribution in [1.82, 2.24) is 10.1 Å². The van der Waals surface area contributed by atoms with Gasteiger partial charge < -0.3 is 10.3 Å². The third-order valence-electron chi connectivity index (χ3n) is 3.24. The SMILES string of the molecule is NC1(c2noc(C(F)(F)C(F)(F)F)n2)CCCCC1. The van der Waals surface area contributed by atoms with Crippen LogP contribution in [0.5, 0.6) is 0 Å². The Morgan fingerprint density at radius 3 is 2.16 bits per heavy atom. The van der Waals surface area contributed by atoms with Crippen molar-refractivity contribution in [3.63, 3.8) is 0 Å². The smallest absolute Gasteiger partial charge is 0.332 e. The van der Waals surface area contributed by atoms with E-state index < -0.39 is 23.5 Å². The maximum Gasteiger partial charge on any atom is 0.463 e. The van der Waals surface area contributed by atoms with Gasteiger partial charge in [-0.1, -0.05) is 24.4 Å². The standard InChI is InChI=1S/C10H12F5N3O/c11-9(12,10(13,14)15)7-17-6(18-19-7)8(16)4-2-1-3-5-8/h1-5,16H2. The summed E-state index contributed by atoms with van der Waals surface area (Å²) in [6, 6.07) is 0. The van der Waals surface area contributed by atoms with Crippen LogP contribution in [0.25, 0.3) is 0 Å². The summed E-state index contributed by atoms with van der Waals surface area (Å²) < 4.78 is 66.5. The summed E-state index contributed by atoms with van der Waals surface area (Å²) in [6.45, 7) is 0. The molecule has 2 N–H and O–H groups in total. The van der Waals surface area contributed by atoms with Crippen LogP contribution in [-0.2, 0) is 11.5 Å². The molecule has 1 saturated carbocycles. The fourth-order valence-corrected chi connectivity index (χ4v) is 2.08. The first-order chi connectivity index (χ1) is 8.67. The topological polar surface area (TPSA) is 64.9 Å². The quantitative estimate of drug-likeness (QED) is 0.849. The van der Waals surface area contributed by atoms with E-state index in [1.807, 2.05) is 0 Å². The van der Waals surface area contributed by atoms with E-state index in [1.54, 1.807) is 0 Å². The van der Waals surface area contributed by atoms with Gasteiger partial charge in [-0.25, -0.2) is 0 Å². The van der Waals surface area contributed by atoms with Crippen molar-refractivity contribution in [2.45, 2.75) is 49.7 Å². The predicted molar refractivity (Wildman–Crippen MR) is 53.2 cm³/mol. The minimum absolute atomic E-state index is 0.286. The lowest BCUT2D eigenvalue weighted by Crippen LogP contribution is -2.40. The minimum Gasteiger partial charge on any atom is -0.332 e. The van der Waals surface area contributed by atoms with Crippen LogP contribution in [0.4, 0.5) is 22.0 Å². The summed E-state index contributed by atoms with van der Waals surface area (Å²) in [5.41, 5.74) is 4.85. The van der Waals surface area contributed by atoms with Gasteiger partial charge in [0.25, 0.3) is 0 Å². The molecule has 0 atom stereocenters. The van der Waals surface area contributed by atoms with Gasteiger partial charge in [0.1, 0.15) is 0 Å². The Kier molecular flexibility index (Phi) is 3.28. The van der Waals surface area contributed by atoms with Crippen LogP contribution in [0.3, 0.4) is 0 Å². The number of halogens is 5. The molecule has 0 saturated heterocycles. The van der Waals surface area contributed by atoms with Gasteiger partial charge in [-0.15, -0.1) is 0 Å². The largest absolute Gasteiger partial charge is 0.463 e. The van der Waals surface area contributed by atoms with Gasteiger partial charge in [-0.2, -0.15) is 26.9 Å². The van der Waals surface area contributed by atoms with E-state index in [0.717, 1.165) is 19.3 Å². The fourth-order valence-electron chi connectivity index (χ4n) is 2.08. The number of hydrogen-bond acceptors (Lipinski definition) is 4. The van der Waals surface area contributed by atoms with Crippen molar-refractivity contribution < 1.29 is 26.5 Å². The van der Waals surface area contributed by atoms with Crippen LogP contribution in [0.2, 0.25) is 0 Å². The van der Waals surface area contributed by atoms with Crippen LogP contribution in [0.15, 0.2) is 4.52 Å². The van der Waals surface area contributed by atoms with Crippen molar-refractivity contribution in [2.75, 3.05) is 0 Å². The maximum atomic E-state index is 13.0. The molecular formula is C10H12F5N3O. The molecule has 1 aliphatic carbocycles. The Morgan fingerprint density at radius 1 is 1.05 bits per heavy atom. The van der Waals surface area contributed by atoms with Crippen LogP contribution in [0, 0.1) is 0 Å². The zero-order chi connectivity index (χ0) is 14.3. The zero-order valence-electron chi connectivity index (χ0n) is 9.81. The average Bonchev–Trinajstić information content (AvgIpc) is 2.78. The summed E-state index contributed by atoms with van der Waals surface area (Å²) in [5.74, 6) is -7.21. The van der Waals surface area contributed by atoms with E-state index in [9.17, 15) is 22.0 Å². The molecule has 4 nitrogen and oxygen atoms in total. The van der Waals surface area contributed by atoms with E-state index in [4.69, 9.17) is 5.73 Å². The molecule has 1 aliphatic rings. The Labute approximate surface area is 105 Å². The molecule has 1 heterocycles. The van der Waals surface area contributed by atoms with Gasteiger partial charge in [-0.05, 0) is 12.8 Å². The third-order valence-corrected chi connectivity index (χ3v) is 3.24. The van der Waals surface area contributed by atoms with Gasteiger partial charge in [0, 0.05) is 0 Å². The zero-order valence-corrected chi connectivity index (χ0v) is 9.81. The molecule has 108 valence electrons. The number of nitrogens with two attached hydrogens (primary N) is 1. The van der Waals surface area contributed by atoms with Gasteiger partial charge >= 0.3 is 18.0 Å². The van der Waals surface area contributed by atoms with Crippen LogP contribution < -0.4 is 5.73 Å². The number of aromatic nitrogens is 2. The van der Waals surface area contributed by atoms with Gasteiger partial charge in [0.2, 0.25) is 0 Å². The highest BCUT2D eigenvalue weighted by Gasteiger charge is 2.63. The Bertz CT molecular complexity index is 450. The second kappa shape index (κ2) is 4.39. The number of rotatable bonds is 2. The molecule has 0 bridgehead atoms. The van der Waals surface area contributed by atoms with Crippen LogP contribution in [-0.4, -0.2) is 16.3 Å². The highest BCUT2D eigenvalue weighted by molar-refractivity contribution is 5.08. The average molecular weight is 285 g/mol. The minimum atomic E-state index is -5.77. The molecule has 0 aromatic carbocycles. The summed E-state index contributed by atoms with van der Waals surface area (Å²) >= 11 is 0. The van der Waals surface area contributed by atoms with Gasteiger partial charge in [0.15, 0.2) is 5.82 Å². The number of nitrogens with zero attached hydrogens (tertiary/aromatic N) is 2. The second-order valence-corrected chi connectivity index (χ2v) is 4.71. The molecule has 0 amide bonds. The Balaban J connectivity index is 2.29. The molecule has 0 unspecified atom stereocenters. The summed E-state index contributed by atoms with van der Waals surface area (Å²) in [5, 5.41) is 3.20. The molecule has 2 rings (SSSR count). The molecule has 0 aliphatic heterocycles. The normalized spacial score (nSPS) is 20.5. The number of alkyl halides is 5. The maximum absolute atomic E-state index is 13.0. The van der Waals surface area contributed by atoms with E-state index in [1.165, 1.54) is 0 Å².